The van der Waals surface area contributed by atoms with Gasteiger partial charge in [0.15, 0.2) is 0 Å². The van der Waals surface area contributed by atoms with E-state index in [9.17, 15) is 0 Å². The highest BCUT2D eigenvalue weighted by atomic mass is 32.2. The summed E-state index contributed by atoms with van der Waals surface area (Å²) in [6, 6.07) is 9.37. The van der Waals surface area contributed by atoms with Gasteiger partial charge >= 0.3 is 0 Å². The number of benzene rings is 1. The average molecular weight is 235 g/mol. The van der Waals surface area contributed by atoms with Crippen molar-refractivity contribution in [1.29, 1.82) is 0 Å². The molecule has 0 saturated carbocycles. The van der Waals surface area contributed by atoms with Crippen LogP contribution in [-0.2, 0) is 4.74 Å². The molecule has 1 fully saturated rings. The Morgan fingerprint density at radius 2 is 2.31 bits per heavy atom. The molecule has 2 unspecified atom stereocenters. The van der Waals surface area contributed by atoms with Crippen molar-refractivity contribution in [1.82, 2.24) is 5.32 Å². The van der Waals surface area contributed by atoms with Crippen LogP contribution in [0.2, 0.25) is 0 Å². The van der Waals surface area contributed by atoms with E-state index in [2.05, 4.69) is 29.6 Å². The number of fused-ring (bicyclic) bond motifs is 1. The van der Waals surface area contributed by atoms with Crippen molar-refractivity contribution < 1.29 is 4.74 Å². The fourth-order valence-electron chi connectivity index (χ4n) is 2.40. The van der Waals surface area contributed by atoms with E-state index in [0.29, 0.717) is 12.0 Å². The summed E-state index contributed by atoms with van der Waals surface area (Å²) >= 11 is 1.99. The van der Waals surface area contributed by atoms with Gasteiger partial charge in [0.1, 0.15) is 0 Å². The van der Waals surface area contributed by atoms with E-state index >= 15 is 0 Å². The topological polar surface area (TPSA) is 21.3 Å². The lowest BCUT2D eigenvalue weighted by molar-refractivity contribution is 0.190. The maximum absolute atomic E-state index is 5.37. The van der Waals surface area contributed by atoms with E-state index in [-0.39, 0.29) is 0 Å². The van der Waals surface area contributed by atoms with Crippen molar-refractivity contribution in [3.8, 4) is 0 Å². The van der Waals surface area contributed by atoms with Crippen molar-refractivity contribution >= 4 is 11.8 Å². The molecule has 1 aromatic rings. The van der Waals surface area contributed by atoms with Crippen LogP contribution in [0, 0.1) is 0 Å². The van der Waals surface area contributed by atoms with Crippen molar-refractivity contribution in [3.05, 3.63) is 29.8 Å². The number of ether oxygens (including phenoxy) is 1. The molecule has 0 aromatic heterocycles. The van der Waals surface area contributed by atoms with Crippen LogP contribution in [0.3, 0.4) is 0 Å². The van der Waals surface area contributed by atoms with Gasteiger partial charge in [-0.05, 0) is 18.1 Å². The van der Waals surface area contributed by atoms with Gasteiger partial charge < -0.3 is 10.1 Å². The molecule has 1 aromatic carbocycles. The van der Waals surface area contributed by atoms with E-state index in [1.54, 1.807) is 0 Å². The molecule has 1 N–H and O–H groups in total. The molecule has 0 radical (unpaired) electrons. The highest BCUT2D eigenvalue weighted by molar-refractivity contribution is 7.99. The summed E-state index contributed by atoms with van der Waals surface area (Å²) in [6.45, 7) is 2.91. The van der Waals surface area contributed by atoms with Crippen molar-refractivity contribution in [2.45, 2.75) is 23.3 Å². The molecule has 2 atom stereocenters. The van der Waals surface area contributed by atoms with Crippen molar-refractivity contribution in [2.24, 2.45) is 0 Å². The third-order valence-corrected chi connectivity index (χ3v) is 4.63. The fourth-order valence-corrected chi connectivity index (χ4v) is 3.66. The van der Waals surface area contributed by atoms with Crippen LogP contribution in [0.1, 0.15) is 17.9 Å². The zero-order chi connectivity index (χ0) is 10.8. The standard InChI is InChI=1S/C13H17NOS/c1-2-4-13-12(3-1)10(9-16-13)7-14-11-5-6-15-8-11/h1-4,10-11,14H,5-9H2. The molecular weight excluding hydrogens is 218 g/mol. The van der Waals surface area contributed by atoms with Gasteiger partial charge in [-0.15, -0.1) is 11.8 Å². The summed E-state index contributed by atoms with van der Waals surface area (Å²) in [5.74, 6) is 1.90. The molecule has 1 saturated heterocycles. The van der Waals surface area contributed by atoms with E-state index in [4.69, 9.17) is 4.74 Å². The molecule has 2 nitrogen and oxygen atoms in total. The van der Waals surface area contributed by atoms with Gasteiger partial charge in [-0.1, -0.05) is 18.2 Å². The van der Waals surface area contributed by atoms with Crippen LogP contribution in [0.25, 0.3) is 0 Å². The molecule has 3 rings (SSSR count). The zero-order valence-electron chi connectivity index (χ0n) is 9.32. The second-order valence-electron chi connectivity index (χ2n) is 4.51. The van der Waals surface area contributed by atoms with Gasteiger partial charge in [-0.25, -0.2) is 0 Å². The third-order valence-electron chi connectivity index (χ3n) is 3.38. The lowest BCUT2D eigenvalue weighted by Crippen LogP contribution is -2.33. The molecule has 0 aliphatic carbocycles. The number of rotatable bonds is 3. The van der Waals surface area contributed by atoms with Crippen LogP contribution < -0.4 is 5.32 Å². The third kappa shape index (κ3) is 2.12. The fraction of sp³-hybridized carbons (Fsp3) is 0.538. The Morgan fingerprint density at radius 3 is 3.19 bits per heavy atom. The molecule has 86 valence electrons. The van der Waals surface area contributed by atoms with Crippen LogP contribution in [0.15, 0.2) is 29.2 Å². The summed E-state index contributed by atoms with van der Waals surface area (Å²) in [5, 5.41) is 3.63. The Kier molecular flexibility index (Phi) is 3.18. The van der Waals surface area contributed by atoms with Crippen molar-refractivity contribution in [3.63, 3.8) is 0 Å². The Hall–Kier alpha value is -0.510. The highest BCUT2D eigenvalue weighted by Crippen LogP contribution is 2.38. The molecule has 16 heavy (non-hydrogen) atoms. The van der Waals surface area contributed by atoms with Crippen molar-refractivity contribution in [2.75, 3.05) is 25.5 Å². The second-order valence-corrected chi connectivity index (χ2v) is 5.58. The van der Waals surface area contributed by atoms with Crippen LogP contribution in [0.4, 0.5) is 0 Å². The number of thioether (sulfide) groups is 1. The van der Waals surface area contributed by atoms with Crippen LogP contribution in [0.5, 0.6) is 0 Å². The minimum Gasteiger partial charge on any atom is -0.380 e. The maximum Gasteiger partial charge on any atom is 0.0620 e. The Labute approximate surface area is 101 Å². The Morgan fingerprint density at radius 1 is 1.38 bits per heavy atom. The Balaban J connectivity index is 1.60. The lowest BCUT2D eigenvalue weighted by Gasteiger charge is -2.15. The van der Waals surface area contributed by atoms with E-state index in [0.717, 1.165) is 19.8 Å². The molecule has 2 aliphatic rings. The maximum atomic E-state index is 5.37. The quantitative estimate of drug-likeness (QED) is 0.868. The van der Waals surface area contributed by atoms with Crippen LogP contribution in [-0.4, -0.2) is 31.6 Å². The van der Waals surface area contributed by atoms with Gasteiger partial charge in [0, 0.05) is 35.8 Å². The van der Waals surface area contributed by atoms with Crippen LogP contribution >= 0.6 is 11.8 Å². The summed E-state index contributed by atoms with van der Waals surface area (Å²) in [4.78, 5) is 1.47. The smallest absolute Gasteiger partial charge is 0.0620 e. The molecule has 0 bridgehead atoms. The summed E-state index contributed by atoms with van der Waals surface area (Å²) < 4.78 is 5.37. The molecule has 2 aliphatic heterocycles. The van der Waals surface area contributed by atoms with Gasteiger partial charge in [-0.2, -0.15) is 0 Å². The predicted molar refractivity (Wildman–Crippen MR) is 67.1 cm³/mol. The molecule has 3 heteroatoms. The number of nitrogens with one attached hydrogen (secondary N) is 1. The predicted octanol–water partition coefficient (Wildman–Crippen LogP) is 2.25. The van der Waals surface area contributed by atoms with Gasteiger partial charge in [0.05, 0.1) is 6.61 Å². The summed E-state index contributed by atoms with van der Waals surface area (Å²) in [7, 11) is 0. The monoisotopic (exact) mass is 235 g/mol. The first-order valence-corrected chi connectivity index (χ1v) is 6.95. The SMILES string of the molecule is c1ccc2c(c1)SCC2CNC1CCOC1. The number of hydrogen-bond donors (Lipinski definition) is 1. The summed E-state index contributed by atoms with van der Waals surface area (Å²) in [5.41, 5.74) is 1.53. The van der Waals surface area contributed by atoms with Gasteiger partial charge in [0.2, 0.25) is 0 Å². The van der Waals surface area contributed by atoms with E-state index < -0.39 is 0 Å². The minimum absolute atomic E-state index is 0.581. The summed E-state index contributed by atoms with van der Waals surface area (Å²) in [6.07, 6.45) is 1.17. The first-order chi connectivity index (χ1) is 7.93. The first kappa shape index (κ1) is 10.6. The minimum atomic E-state index is 0.581. The van der Waals surface area contributed by atoms with E-state index in [1.807, 2.05) is 11.8 Å². The molecule has 0 amide bonds. The number of hydrogen-bond acceptors (Lipinski definition) is 3. The molecule has 0 spiro atoms. The lowest BCUT2D eigenvalue weighted by atomic mass is 10.0. The normalized spacial score (nSPS) is 28.2. The average Bonchev–Trinajstić information content (AvgIpc) is 2.96. The van der Waals surface area contributed by atoms with E-state index in [1.165, 1.54) is 22.6 Å². The van der Waals surface area contributed by atoms with Gasteiger partial charge in [-0.3, -0.25) is 0 Å². The highest BCUT2D eigenvalue weighted by Gasteiger charge is 2.24. The zero-order valence-corrected chi connectivity index (χ0v) is 10.1. The first-order valence-electron chi connectivity index (χ1n) is 5.96. The molecular formula is C13H17NOS. The Bertz CT molecular complexity index is 363. The molecule has 2 heterocycles. The largest absolute Gasteiger partial charge is 0.380 e. The second kappa shape index (κ2) is 4.78. The van der Waals surface area contributed by atoms with Gasteiger partial charge in [0.25, 0.3) is 0 Å².